The Morgan fingerprint density at radius 1 is 1.05 bits per heavy atom. The minimum absolute atomic E-state index is 0.0414. The Balaban J connectivity index is 2.52. The van der Waals surface area contributed by atoms with E-state index in [1.807, 2.05) is 0 Å². The van der Waals surface area contributed by atoms with Crippen molar-refractivity contribution in [3.63, 3.8) is 0 Å². The molecule has 0 aliphatic rings. The van der Waals surface area contributed by atoms with Crippen molar-refractivity contribution >= 4 is 15.7 Å². The van der Waals surface area contributed by atoms with Crippen LogP contribution in [0.4, 0.5) is 14.5 Å². The highest BCUT2D eigenvalue weighted by molar-refractivity contribution is 7.92. The van der Waals surface area contributed by atoms with Gasteiger partial charge >= 0.3 is 0 Å². The average Bonchev–Trinajstić information content (AvgIpc) is 2.43. The molecule has 0 atom stereocenters. The summed E-state index contributed by atoms with van der Waals surface area (Å²) in [5, 5.41) is 0. The van der Waals surface area contributed by atoms with Gasteiger partial charge in [-0.05, 0) is 31.2 Å². The standard InChI is InChI=1S/C14H13F2NO2S/c1-2-17(14-9-8-11(15)10-13(14)16)20(18,19)12-6-4-3-5-7-12/h3-10H,2H2,1H3. The van der Waals surface area contributed by atoms with Crippen LogP contribution in [0, 0.1) is 11.6 Å². The first-order valence-corrected chi connectivity index (χ1v) is 7.43. The third-order valence-electron chi connectivity index (χ3n) is 2.80. The monoisotopic (exact) mass is 297 g/mol. The summed E-state index contributed by atoms with van der Waals surface area (Å²) in [6.07, 6.45) is 0. The van der Waals surface area contributed by atoms with Crippen LogP contribution >= 0.6 is 0 Å². The SMILES string of the molecule is CCN(c1ccc(F)cc1F)S(=O)(=O)c1ccccc1. The highest BCUT2D eigenvalue weighted by Crippen LogP contribution is 2.26. The van der Waals surface area contributed by atoms with Crippen molar-refractivity contribution in [1.29, 1.82) is 0 Å². The lowest BCUT2D eigenvalue weighted by Gasteiger charge is -2.23. The highest BCUT2D eigenvalue weighted by atomic mass is 32.2. The number of hydrogen-bond donors (Lipinski definition) is 0. The molecule has 0 heterocycles. The lowest BCUT2D eigenvalue weighted by Crippen LogP contribution is -2.31. The highest BCUT2D eigenvalue weighted by Gasteiger charge is 2.25. The Morgan fingerprint density at radius 2 is 1.70 bits per heavy atom. The summed E-state index contributed by atoms with van der Waals surface area (Å²) in [5.41, 5.74) is -0.169. The van der Waals surface area contributed by atoms with E-state index >= 15 is 0 Å². The molecule has 20 heavy (non-hydrogen) atoms. The molecule has 0 bridgehead atoms. The molecule has 2 aromatic carbocycles. The number of rotatable bonds is 4. The maximum absolute atomic E-state index is 13.8. The third-order valence-corrected chi connectivity index (χ3v) is 4.70. The lowest BCUT2D eigenvalue weighted by molar-refractivity contribution is 0.574. The van der Waals surface area contributed by atoms with Crippen molar-refractivity contribution in [1.82, 2.24) is 0 Å². The van der Waals surface area contributed by atoms with E-state index in [0.717, 1.165) is 16.4 Å². The van der Waals surface area contributed by atoms with Crippen molar-refractivity contribution in [3.8, 4) is 0 Å². The Labute approximate surface area is 116 Å². The van der Waals surface area contributed by atoms with E-state index in [9.17, 15) is 17.2 Å². The largest absolute Gasteiger partial charge is 0.264 e. The molecule has 0 amide bonds. The molecule has 0 saturated carbocycles. The van der Waals surface area contributed by atoms with Crippen LogP contribution in [0.3, 0.4) is 0 Å². The molecule has 0 unspecified atom stereocenters. The van der Waals surface area contributed by atoms with Crippen LogP contribution in [0.25, 0.3) is 0 Å². The van der Waals surface area contributed by atoms with Crippen LogP contribution in [0.2, 0.25) is 0 Å². The Bertz CT molecular complexity index is 702. The van der Waals surface area contributed by atoms with Gasteiger partial charge in [0.1, 0.15) is 11.6 Å². The molecular formula is C14H13F2NO2S. The van der Waals surface area contributed by atoms with E-state index < -0.39 is 21.7 Å². The van der Waals surface area contributed by atoms with Gasteiger partial charge in [-0.2, -0.15) is 0 Å². The Morgan fingerprint density at radius 3 is 2.25 bits per heavy atom. The van der Waals surface area contributed by atoms with E-state index in [-0.39, 0.29) is 17.1 Å². The molecule has 6 heteroatoms. The molecule has 3 nitrogen and oxygen atoms in total. The van der Waals surface area contributed by atoms with Crippen molar-refractivity contribution in [2.45, 2.75) is 11.8 Å². The van der Waals surface area contributed by atoms with Crippen molar-refractivity contribution in [2.75, 3.05) is 10.8 Å². The van der Waals surface area contributed by atoms with Crippen molar-refractivity contribution in [3.05, 3.63) is 60.2 Å². The molecule has 0 aliphatic carbocycles. The van der Waals surface area contributed by atoms with E-state index in [2.05, 4.69) is 0 Å². The van der Waals surface area contributed by atoms with E-state index in [0.29, 0.717) is 6.07 Å². The van der Waals surface area contributed by atoms with Gasteiger partial charge in [0.25, 0.3) is 10.0 Å². The van der Waals surface area contributed by atoms with Crippen molar-refractivity contribution < 1.29 is 17.2 Å². The summed E-state index contributed by atoms with van der Waals surface area (Å²) >= 11 is 0. The minimum Gasteiger partial charge on any atom is -0.264 e. The molecule has 106 valence electrons. The van der Waals surface area contributed by atoms with Crippen LogP contribution in [0.5, 0.6) is 0 Å². The summed E-state index contributed by atoms with van der Waals surface area (Å²) < 4.78 is 52.6. The normalized spacial score (nSPS) is 11.3. The second kappa shape index (κ2) is 5.58. The number of nitrogens with zero attached hydrogens (tertiary/aromatic N) is 1. The second-order valence-corrected chi connectivity index (χ2v) is 5.94. The lowest BCUT2D eigenvalue weighted by atomic mass is 10.3. The number of benzene rings is 2. The molecule has 2 aromatic rings. The smallest absolute Gasteiger partial charge is 0.264 e. The first-order chi connectivity index (χ1) is 9.46. The van der Waals surface area contributed by atoms with Crippen molar-refractivity contribution in [2.24, 2.45) is 0 Å². The van der Waals surface area contributed by atoms with Gasteiger partial charge in [0.2, 0.25) is 0 Å². The van der Waals surface area contributed by atoms with Crippen LogP contribution in [0.1, 0.15) is 6.92 Å². The summed E-state index contributed by atoms with van der Waals surface area (Å²) in [7, 11) is -3.87. The van der Waals surface area contributed by atoms with Crippen LogP contribution in [-0.2, 0) is 10.0 Å². The van der Waals surface area contributed by atoms with Gasteiger partial charge in [-0.15, -0.1) is 0 Å². The van der Waals surface area contributed by atoms with Gasteiger partial charge in [0, 0.05) is 12.6 Å². The minimum atomic E-state index is -3.87. The van der Waals surface area contributed by atoms with E-state index in [1.165, 1.54) is 12.1 Å². The molecule has 0 fully saturated rings. The number of hydrogen-bond acceptors (Lipinski definition) is 2. The maximum atomic E-state index is 13.8. The first kappa shape index (κ1) is 14.5. The maximum Gasteiger partial charge on any atom is 0.264 e. The van der Waals surface area contributed by atoms with Crippen LogP contribution < -0.4 is 4.31 Å². The number of halogens is 2. The topological polar surface area (TPSA) is 37.4 Å². The summed E-state index contributed by atoms with van der Waals surface area (Å²) in [6.45, 7) is 1.63. The molecule has 0 spiro atoms. The predicted molar refractivity (Wildman–Crippen MR) is 73.0 cm³/mol. The van der Waals surface area contributed by atoms with E-state index in [4.69, 9.17) is 0 Å². The predicted octanol–water partition coefficient (Wildman–Crippen LogP) is 3.18. The van der Waals surface area contributed by atoms with Crippen LogP contribution in [-0.4, -0.2) is 15.0 Å². The zero-order valence-corrected chi connectivity index (χ0v) is 11.6. The molecule has 0 N–H and O–H groups in total. The molecule has 2 rings (SSSR count). The average molecular weight is 297 g/mol. The van der Waals surface area contributed by atoms with Gasteiger partial charge in [-0.25, -0.2) is 17.2 Å². The summed E-state index contributed by atoms with van der Waals surface area (Å²) in [4.78, 5) is 0.0607. The molecule has 0 aromatic heterocycles. The quantitative estimate of drug-likeness (QED) is 0.869. The number of sulfonamides is 1. The summed E-state index contributed by atoms with van der Waals surface area (Å²) in [5.74, 6) is -1.66. The molecule has 0 radical (unpaired) electrons. The Kier molecular flexibility index (Phi) is 4.04. The Hall–Kier alpha value is -1.95. The third kappa shape index (κ3) is 2.65. The zero-order chi connectivity index (χ0) is 14.8. The van der Waals surface area contributed by atoms with E-state index in [1.54, 1.807) is 25.1 Å². The van der Waals surface area contributed by atoms with Gasteiger partial charge in [-0.1, -0.05) is 18.2 Å². The molecular weight excluding hydrogens is 284 g/mol. The second-order valence-electron chi connectivity index (χ2n) is 4.08. The first-order valence-electron chi connectivity index (χ1n) is 5.99. The fraction of sp³-hybridized carbons (Fsp3) is 0.143. The van der Waals surface area contributed by atoms with Crippen LogP contribution in [0.15, 0.2) is 53.4 Å². The van der Waals surface area contributed by atoms with Gasteiger partial charge in [-0.3, -0.25) is 4.31 Å². The fourth-order valence-corrected chi connectivity index (χ4v) is 3.38. The zero-order valence-electron chi connectivity index (χ0n) is 10.8. The fourth-order valence-electron chi connectivity index (χ4n) is 1.87. The summed E-state index contributed by atoms with van der Waals surface area (Å²) in [6, 6.07) is 10.5. The van der Waals surface area contributed by atoms with Gasteiger partial charge < -0.3 is 0 Å². The van der Waals surface area contributed by atoms with Gasteiger partial charge in [0.15, 0.2) is 0 Å². The van der Waals surface area contributed by atoms with Gasteiger partial charge in [0.05, 0.1) is 10.6 Å². The molecule has 0 saturated heterocycles. The number of anilines is 1. The molecule has 0 aliphatic heterocycles.